The summed E-state index contributed by atoms with van der Waals surface area (Å²) < 4.78 is 40.1. The lowest BCUT2D eigenvalue weighted by molar-refractivity contribution is -0.139. The molecule has 3 aromatic rings. The van der Waals surface area contributed by atoms with Crippen molar-refractivity contribution in [1.29, 1.82) is 0 Å². The number of benzene rings is 3. The van der Waals surface area contributed by atoms with Gasteiger partial charge in [0.1, 0.15) is 24.1 Å². The van der Waals surface area contributed by atoms with Gasteiger partial charge in [0.2, 0.25) is 11.8 Å². The zero-order valence-electron chi connectivity index (χ0n) is 24.7. The minimum absolute atomic E-state index is 0.0106. The van der Waals surface area contributed by atoms with Crippen molar-refractivity contribution in [1.82, 2.24) is 10.2 Å². The highest BCUT2D eigenvalue weighted by Crippen LogP contribution is 2.36. The average molecular weight is 582 g/mol. The van der Waals surface area contributed by atoms with E-state index in [9.17, 15) is 18.0 Å². The molecule has 0 saturated carbocycles. The van der Waals surface area contributed by atoms with E-state index in [1.54, 1.807) is 31.2 Å². The maximum Gasteiger partial charge on any atom is 0.264 e. The Morgan fingerprint density at radius 1 is 0.854 bits per heavy atom. The van der Waals surface area contributed by atoms with E-state index >= 15 is 0 Å². The largest absolute Gasteiger partial charge is 0.497 e. The molecule has 1 unspecified atom stereocenters. The molecule has 10 heteroatoms. The van der Waals surface area contributed by atoms with E-state index in [2.05, 4.69) is 5.32 Å². The highest BCUT2D eigenvalue weighted by molar-refractivity contribution is 7.92. The number of carbonyl (C=O) groups excluding carboxylic acids is 2. The van der Waals surface area contributed by atoms with Gasteiger partial charge >= 0.3 is 0 Å². The maximum absolute atomic E-state index is 14.1. The minimum atomic E-state index is -4.25. The summed E-state index contributed by atoms with van der Waals surface area (Å²) in [5, 5.41) is 2.85. The fraction of sp³-hybridized carbons (Fsp3) is 0.355. The van der Waals surface area contributed by atoms with E-state index in [4.69, 9.17) is 9.47 Å². The zero-order valence-corrected chi connectivity index (χ0v) is 25.5. The zero-order chi connectivity index (χ0) is 30.3. The van der Waals surface area contributed by atoms with Crippen LogP contribution in [0.1, 0.15) is 37.5 Å². The van der Waals surface area contributed by atoms with E-state index in [0.717, 1.165) is 21.0 Å². The van der Waals surface area contributed by atoms with Crippen LogP contribution in [0.4, 0.5) is 5.69 Å². The Labute approximate surface area is 243 Å². The standard InChI is InChI=1S/C31H39N3O6S/c1-21(2)32-31(36)24(5)33(19-25-12-8-22(3)9-13-25)30(35)20-34(28-18-26(39-6)14-17-29(28)40-7)41(37,38)27-15-10-23(4)11-16-27/h8-18,21,24H,19-20H2,1-7H3,(H,32,36). The number of amides is 2. The quantitative estimate of drug-likeness (QED) is 0.339. The Bertz CT molecular complexity index is 1450. The smallest absolute Gasteiger partial charge is 0.264 e. The molecule has 1 atom stereocenters. The molecule has 0 radical (unpaired) electrons. The Hall–Kier alpha value is -4.05. The molecule has 0 aliphatic heterocycles. The third-order valence-corrected chi connectivity index (χ3v) is 8.39. The fourth-order valence-electron chi connectivity index (χ4n) is 4.22. The molecule has 0 heterocycles. The lowest BCUT2D eigenvalue weighted by Crippen LogP contribution is -2.52. The summed E-state index contributed by atoms with van der Waals surface area (Å²) in [5.41, 5.74) is 2.88. The Morgan fingerprint density at radius 2 is 1.44 bits per heavy atom. The van der Waals surface area contributed by atoms with Gasteiger partial charge in [-0.15, -0.1) is 0 Å². The molecule has 41 heavy (non-hydrogen) atoms. The molecular formula is C31H39N3O6S. The van der Waals surface area contributed by atoms with Crippen molar-refractivity contribution < 1.29 is 27.5 Å². The van der Waals surface area contributed by atoms with Gasteiger partial charge in [-0.2, -0.15) is 0 Å². The van der Waals surface area contributed by atoms with E-state index in [0.29, 0.717) is 5.75 Å². The second-order valence-electron chi connectivity index (χ2n) is 10.2. The van der Waals surface area contributed by atoms with Crippen molar-refractivity contribution in [3.8, 4) is 11.5 Å². The molecule has 0 spiro atoms. The van der Waals surface area contributed by atoms with Crippen molar-refractivity contribution in [3.05, 3.63) is 83.4 Å². The van der Waals surface area contributed by atoms with Crippen LogP contribution >= 0.6 is 0 Å². The van der Waals surface area contributed by atoms with Gasteiger partial charge in [-0.3, -0.25) is 13.9 Å². The first-order valence-corrected chi connectivity index (χ1v) is 14.8. The topological polar surface area (TPSA) is 105 Å². The van der Waals surface area contributed by atoms with Crippen molar-refractivity contribution in [2.75, 3.05) is 25.1 Å². The maximum atomic E-state index is 14.1. The first-order chi connectivity index (χ1) is 19.4. The molecule has 3 rings (SSSR count). The predicted octanol–water partition coefficient (Wildman–Crippen LogP) is 4.46. The lowest BCUT2D eigenvalue weighted by Gasteiger charge is -2.32. The molecule has 0 aromatic heterocycles. The van der Waals surface area contributed by atoms with Crippen molar-refractivity contribution in [3.63, 3.8) is 0 Å². The van der Waals surface area contributed by atoms with Crippen LogP contribution in [0.25, 0.3) is 0 Å². The van der Waals surface area contributed by atoms with Crippen LogP contribution in [-0.2, 0) is 26.2 Å². The summed E-state index contributed by atoms with van der Waals surface area (Å²) >= 11 is 0. The van der Waals surface area contributed by atoms with Gasteiger partial charge in [-0.05, 0) is 64.4 Å². The highest BCUT2D eigenvalue weighted by Gasteiger charge is 2.34. The van der Waals surface area contributed by atoms with Crippen LogP contribution < -0.4 is 19.1 Å². The number of nitrogens with zero attached hydrogens (tertiary/aromatic N) is 2. The van der Waals surface area contributed by atoms with E-state index in [1.807, 2.05) is 52.0 Å². The fourth-order valence-corrected chi connectivity index (χ4v) is 5.64. The molecule has 9 nitrogen and oxygen atoms in total. The number of rotatable bonds is 12. The number of anilines is 1. The molecule has 220 valence electrons. The monoisotopic (exact) mass is 581 g/mol. The third-order valence-electron chi connectivity index (χ3n) is 6.61. The number of hydrogen-bond donors (Lipinski definition) is 1. The van der Waals surface area contributed by atoms with E-state index < -0.39 is 28.5 Å². The number of sulfonamides is 1. The van der Waals surface area contributed by atoms with Gasteiger partial charge in [0.05, 0.1) is 24.8 Å². The minimum Gasteiger partial charge on any atom is -0.497 e. The van der Waals surface area contributed by atoms with Crippen molar-refractivity contribution in [2.24, 2.45) is 0 Å². The molecule has 2 amide bonds. The molecule has 0 aliphatic carbocycles. The van der Waals surface area contributed by atoms with Crippen LogP contribution in [0.2, 0.25) is 0 Å². The molecule has 3 aromatic carbocycles. The molecule has 0 aliphatic rings. The molecule has 1 N–H and O–H groups in total. The van der Waals surface area contributed by atoms with Crippen LogP contribution in [0, 0.1) is 13.8 Å². The summed E-state index contributed by atoms with van der Waals surface area (Å²) in [7, 11) is -1.36. The first kappa shape index (κ1) is 31.5. The molecule has 0 fully saturated rings. The first-order valence-electron chi connectivity index (χ1n) is 13.3. The predicted molar refractivity (Wildman–Crippen MR) is 160 cm³/mol. The second kappa shape index (κ2) is 13.5. The number of methoxy groups -OCH3 is 2. The number of carbonyl (C=O) groups is 2. The molecule has 0 bridgehead atoms. The number of aryl methyl sites for hydroxylation is 2. The number of ether oxygens (including phenoxy) is 2. The molecule has 0 saturated heterocycles. The number of nitrogens with one attached hydrogen (secondary N) is 1. The van der Waals surface area contributed by atoms with Crippen molar-refractivity contribution in [2.45, 2.75) is 58.1 Å². The summed E-state index contributed by atoms with van der Waals surface area (Å²) in [6.45, 7) is 8.65. The van der Waals surface area contributed by atoms with Gasteiger partial charge in [0, 0.05) is 18.7 Å². The third kappa shape index (κ3) is 7.79. The van der Waals surface area contributed by atoms with Gasteiger partial charge in [0.15, 0.2) is 0 Å². The second-order valence-corrected chi connectivity index (χ2v) is 12.1. The number of hydrogen-bond acceptors (Lipinski definition) is 6. The van der Waals surface area contributed by atoms with Crippen LogP contribution in [-0.4, -0.2) is 58.0 Å². The van der Waals surface area contributed by atoms with Gasteiger partial charge in [-0.25, -0.2) is 8.42 Å². The van der Waals surface area contributed by atoms with E-state index in [-0.39, 0.29) is 34.8 Å². The van der Waals surface area contributed by atoms with Gasteiger partial charge < -0.3 is 19.7 Å². The Balaban J connectivity index is 2.12. The summed E-state index contributed by atoms with van der Waals surface area (Å²) in [4.78, 5) is 28.6. The summed E-state index contributed by atoms with van der Waals surface area (Å²) in [6.07, 6.45) is 0. The average Bonchev–Trinajstić information content (AvgIpc) is 2.94. The Morgan fingerprint density at radius 3 is 1.98 bits per heavy atom. The summed E-state index contributed by atoms with van der Waals surface area (Å²) in [5.74, 6) is -0.270. The lowest BCUT2D eigenvalue weighted by atomic mass is 10.1. The summed E-state index contributed by atoms with van der Waals surface area (Å²) in [6, 6.07) is 17.7. The normalized spacial score (nSPS) is 12.0. The van der Waals surface area contributed by atoms with Gasteiger partial charge in [-0.1, -0.05) is 47.5 Å². The van der Waals surface area contributed by atoms with Crippen LogP contribution in [0.3, 0.4) is 0 Å². The van der Waals surface area contributed by atoms with Crippen molar-refractivity contribution >= 4 is 27.5 Å². The Kier molecular flexibility index (Phi) is 10.4. The highest BCUT2D eigenvalue weighted by atomic mass is 32.2. The van der Waals surface area contributed by atoms with Crippen LogP contribution in [0.5, 0.6) is 11.5 Å². The SMILES string of the molecule is COc1ccc(OC)c(N(CC(=O)N(Cc2ccc(C)cc2)C(C)C(=O)NC(C)C)S(=O)(=O)c2ccc(C)cc2)c1. The molecular weight excluding hydrogens is 542 g/mol. The van der Waals surface area contributed by atoms with E-state index in [1.165, 1.54) is 37.3 Å². The van der Waals surface area contributed by atoms with Crippen LogP contribution in [0.15, 0.2) is 71.6 Å². The van der Waals surface area contributed by atoms with Gasteiger partial charge in [0.25, 0.3) is 10.0 Å².